The molecule has 7 heteroatoms. The highest BCUT2D eigenvalue weighted by atomic mass is 16.5. The Morgan fingerprint density at radius 3 is 2.26 bits per heavy atom. The van der Waals surface area contributed by atoms with Gasteiger partial charge in [0, 0.05) is 29.9 Å². The molecule has 0 bridgehead atoms. The Labute approximate surface area is 209 Å². The van der Waals surface area contributed by atoms with Crippen LogP contribution in [0, 0.1) is 0 Å². The quantitative estimate of drug-likeness (QED) is 0.435. The fourth-order valence-electron chi connectivity index (χ4n) is 5.15. The van der Waals surface area contributed by atoms with Crippen molar-refractivity contribution in [3.8, 4) is 28.4 Å². The molecule has 0 saturated carbocycles. The molecule has 2 aromatic rings. The van der Waals surface area contributed by atoms with E-state index in [-0.39, 0.29) is 22.9 Å². The molecule has 0 aliphatic carbocycles. The zero-order chi connectivity index (χ0) is 26.0. The van der Waals surface area contributed by atoms with Crippen molar-refractivity contribution < 1.29 is 14.6 Å². The standard InChI is InChI=1S/C28H40N4O3/c1-27(2)16-20(17-28(3,4)31-27)32(5)25(30)12-11-22(29)26-23(33)14-19(15-24(26)35-7)18-9-8-10-21(13-18)34-6/h8-15,20,31,33H,16-17,29-30H2,1-7H3/b22-11-,25-12+. The fourth-order valence-corrected chi connectivity index (χ4v) is 5.15. The normalized spacial score (nSPS) is 18.3. The van der Waals surface area contributed by atoms with Gasteiger partial charge in [-0.3, -0.25) is 0 Å². The average Bonchev–Trinajstić information content (AvgIpc) is 2.79. The Morgan fingerprint density at radius 2 is 1.66 bits per heavy atom. The Morgan fingerprint density at radius 1 is 1.00 bits per heavy atom. The SMILES string of the molecule is COc1cccc(-c2cc(O)c(/C(N)=C/C=C(\N)N(C)C3CC(C)(C)NC(C)(C)C3)c(OC)c2)c1. The third-order valence-corrected chi connectivity index (χ3v) is 6.55. The lowest BCUT2D eigenvalue weighted by atomic mass is 9.79. The van der Waals surface area contributed by atoms with Gasteiger partial charge >= 0.3 is 0 Å². The predicted molar refractivity (Wildman–Crippen MR) is 143 cm³/mol. The van der Waals surface area contributed by atoms with Crippen LogP contribution in [0.15, 0.2) is 54.4 Å². The van der Waals surface area contributed by atoms with Crippen LogP contribution in [0.1, 0.15) is 46.1 Å². The Bertz CT molecular complexity index is 1110. The lowest BCUT2D eigenvalue weighted by molar-refractivity contribution is 0.0981. The maximum Gasteiger partial charge on any atom is 0.132 e. The van der Waals surface area contributed by atoms with Gasteiger partial charge in [0.2, 0.25) is 0 Å². The first-order valence-electron chi connectivity index (χ1n) is 11.9. The molecule has 0 aromatic heterocycles. The van der Waals surface area contributed by atoms with Crippen LogP contribution in [0.5, 0.6) is 17.2 Å². The van der Waals surface area contributed by atoms with E-state index in [9.17, 15) is 5.11 Å². The van der Waals surface area contributed by atoms with Crippen molar-refractivity contribution in [3.05, 3.63) is 59.9 Å². The molecule has 35 heavy (non-hydrogen) atoms. The smallest absolute Gasteiger partial charge is 0.132 e. The van der Waals surface area contributed by atoms with E-state index in [1.807, 2.05) is 37.4 Å². The number of nitrogens with zero attached hydrogens (tertiary/aromatic N) is 1. The molecular formula is C28H40N4O3. The summed E-state index contributed by atoms with van der Waals surface area (Å²) in [7, 11) is 5.19. The van der Waals surface area contributed by atoms with Gasteiger partial charge in [-0.05, 0) is 88.1 Å². The van der Waals surface area contributed by atoms with Crippen LogP contribution in [-0.4, -0.2) is 48.4 Å². The maximum atomic E-state index is 10.9. The summed E-state index contributed by atoms with van der Waals surface area (Å²) in [5.41, 5.74) is 15.3. The average molecular weight is 481 g/mol. The number of ether oxygens (including phenoxy) is 2. The van der Waals surface area contributed by atoms with Gasteiger partial charge in [0.25, 0.3) is 0 Å². The van der Waals surface area contributed by atoms with E-state index < -0.39 is 0 Å². The summed E-state index contributed by atoms with van der Waals surface area (Å²) < 4.78 is 10.9. The van der Waals surface area contributed by atoms with Crippen molar-refractivity contribution in [1.82, 2.24) is 10.2 Å². The molecule has 1 saturated heterocycles. The number of methoxy groups -OCH3 is 2. The number of nitrogens with two attached hydrogens (primary N) is 2. The monoisotopic (exact) mass is 480 g/mol. The predicted octanol–water partition coefficient (Wildman–Crippen LogP) is 4.42. The van der Waals surface area contributed by atoms with E-state index in [0.717, 1.165) is 29.7 Å². The van der Waals surface area contributed by atoms with E-state index in [0.29, 0.717) is 22.8 Å². The molecule has 2 aromatic carbocycles. The summed E-state index contributed by atoms with van der Waals surface area (Å²) in [4.78, 5) is 2.11. The molecule has 0 radical (unpaired) electrons. The van der Waals surface area contributed by atoms with Crippen molar-refractivity contribution >= 4 is 5.70 Å². The van der Waals surface area contributed by atoms with Gasteiger partial charge in [-0.1, -0.05) is 12.1 Å². The van der Waals surface area contributed by atoms with Gasteiger partial charge in [0.15, 0.2) is 0 Å². The van der Waals surface area contributed by atoms with Gasteiger partial charge in [0.1, 0.15) is 17.2 Å². The second-order valence-electron chi connectivity index (χ2n) is 10.6. The Balaban J connectivity index is 1.88. The number of piperidine rings is 1. The highest BCUT2D eigenvalue weighted by Gasteiger charge is 2.39. The highest BCUT2D eigenvalue weighted by molar-refractivity contribution is 5.79. The topological polar surface area (TPSA) is 106 Å². The minimum absolute atomic E-state index is 0.0134. The van der Waals surface area contributed by atoms with E-state index in [1.165, 1.54) is 0 Å². The van der Waals surface area contributed by atoms with Crippen LogP contribution >= 0.6 is 0 Å². The van der Waals surface area contributed by atoms with Crippen molar-refractivity contribution in [2.75, 3.05) is 21.3 Å². The second-order valence-corrected chi connectivity index (χ2v) is 10.6. The fraction of sp³-hybridized carbons (Fsp3) is 0.429. The molecular weight excluding hydrogens is 440 g/mol. The largest absolute Gasteiger partial charge is 0.507 e. The van der Waals surface area contributed by atoms with Gasteiger partial charge in [-0.15, -0.1) is 0 Å². The van der Waals surface area contributed by atoms with Gasteiger partial charge in [-0.2, -0.15) is 0 Å². The van der Waals surface area contributed by atoms with Gasteiger partial charge in [-0.25, -0.2) is 0 Å². The Hall–Kier alpha value is -3.32. The lowest BCUT2D eigenvalue weighted by Crippen LogP contribution is -2.61. The molecule has 1 fully saturated rings. The maximum absolute atomic E-state index is 10.9. The van der Waals surface area contributed by atoms with Crippen molar-refractivity contribution in [2.45, 2.75) is 57.7 Å². The van der Waals surface area contributed by atoms with Crippen LogP contribution in [0.4, 0.5) is 0 Å². The summed E-state index contributed by atoms with van der Waals surface area (Å²) in [6.07, 6.45) is 5.44. The number of nitrogens with one attached hydrogen (secondary N) is 1. The minimum atomic E-state index is 0.0134. The molecule has 1 aliphatic rings. The first-order valence-corrected chi connectivity index (χ1v) is 11.9. The number of allylic oxidation sites excluding steroid dienone is 2. The number of phenolic OH excluding ortho intramolecular Hbond substituents is 1. The number of hydrogen-bond donors (Lipinski definition) is 4. The van der Waals surface area contributed by atoms with E-state index in [1.54, 1.807) is 32.4 Å². The molecule has 1 heterocycles. The molecule has 1 aliphatic heterocycles. The summed E-state index contributed by atoms with van der Waals surface area (Å²) in [5.74, 6) is 1.84. The molecule has 7 nitrogen and oxygen atoms in total. The van der Waals surface area contributed by atoms with Crippen LogP contribution in [0.25, 0.3) is 16.8 Å². The van der Waals surface area contributed by atoms with Crippen LogP contribution in [-0.2, 0) is 0 Å². The lowest BCUT2D eigenvalue weighted by Gasteiger charge is -2.49. The number of aromatic hydroxyl groups is 1. The molecule has 0 unspecified atom stereocenters. The van der Waals surface area contributed by atoms with Crippen LogP contribution in [0.2, 0.25) is 0 Å². The summed E-state index contributed by atoms with van der Waals surface area (Å²) in [6.45, 7) is 8.88. The number of hydrogen-bond acceptors (Lipinski definition) is 7. The third kappa shape index (κ3) is 6.22. The minimum Gasteiger partial charge on any atom is -0.507 e. The zero-order valence-corrected chi connectivity index (χ0v) is 22.0. The first-order chi connectivity index (χ1) is 16.4. The zero-order valence-electron chi connectivity index (χ0n) is 22.0. The molecule has 6 N–H and O–H groups in total. The molecule has 0 amide bonds. The first kappa shape index (κ1) is 26.3. The van der Waals surface area contributed by atoms with E-state index in [4.69, 9.17) is 20.9 Å². The molecule has 3 rings (SSSR count). The summed E-state index contributed by atoms with van der Waals surface area (Å²) in [6, 6.07) is 11.4. The Kier molecular flexibility index (Phi) is 7.60. The number of phenols is 1. The molecule has 0 atom stereocenters. The van der Waals surface area contributed by atoms with Crippen molar-refractivity contribution in [3.63, 3.8) is 0 Å². The summed E-state index contributed by atoms with van der Waals surface area (Å²) >= 11 is 0. The molecule has 0 spiro atoms. The third-order valence-electron chi connectivity index (χ3n) is 6.55. The van der Waals surface area contributed by atoms with Crippen LogP contribution in [0.3, 0.4) is 0 Å². The van der Waals surface area contributed by atoms with Gasteiger partial charge < -0.3 is 36.3 Å². The van der Waals surface area contributed by atoms with Crippen molar-refractivity contribution in [2.24, 2.45) is 11.5 Å². The van der Waals surface area contributed by atoms with Crippen LogP contribution < -0.4 is 26.3 Å². The molecule has 190 valence electrons. The highest BCUT2D eigenvalue weighted by Crippen LogP contribution is 2.38. The van der Waals surface area contributed by atoms with E-state index >= 15 is 0 Å². The number of benzene rings is 2. The summed E-state index contributed by atoms with van der Waals surface area (Å²) in [5, 5.41) is 14.6. The van der Waals surface area contributed by atoms with E-state index in [2.05, 4.69) is 37.9 Å². The second kappa shape index (κ2) is 10.1. The number of rotatable bonds is 7. The van der Waals surface area contributed by atoms with Crippen molar-refractivity contribution in [1.29, 1.82) is 0 Å². The van der Waals surface area contributed by atoms with Gasteiger partial charge in [0.05, 0.1) is 25.6 Å².